The van der Waals surface area contributed by atoms with Crippen LogP contribution in [0.4, 0.5) is 5.69 Å². The van der Waals surface area contributed by atoms with Crippen molar-refractivity contribution in [1.82, 2.24) is 9.88 Å². The van der Waals surface area contributed by atoms with E-state index in [1.807, 2.05) is 12.1 Å². The molecule has 4 heteroatoms. The topological polar surface area (TPSA) is 42.1 Å². The molecular weight excluding hydrogens is 398 g/mol. The van der Waals surface area contributed by atoms with Crippen LogP contribution < -0.4 is 5.73 Å². The standard InChI is InChI=1S/C27H27N3S/c28-24-10-5-4-9-23(24)27(22-12-13-25(29-19-22)26-11-6-18-31-26)14-16-30(17-15-27)20-21-7-2-1-3-8-21/h1-13,18-19H,14-17,20,28H2. The first-order chi connectivity index (χ1) is 15.2. The normalized spacial score (nSPS) is 16.3. The summed E-state index contributed by atoms with van der Waals surface area (Å²) in [7, 11) is 0. The summed E-state index contributed by atoms with van der Waals surface area (Å²) in [6.45, 7) is 3.07. The number of benzene rings is 2. The van der Waals surface area contributed by atoms with Crippen molar-refractivity contribution in [1.29, 1.82) is 0 Å². The highest BCUT2D eigenvalue weighted by Gasteiger charge is 2.39. The van der Waals surface area contributed by atoms with E-state index >= 15 is 0 Å². The Morgan fingerprint density at radius 2 is 1.65 bits per heavy atom. The van der Waals surface area contributed by atoms with Crippen molar-refractivity contribution >= 4 is 17.0 Å². The quantitative estimate of drug-likeness (QED) is 0.400. The lowest BCUT2D eigenvalue weighted by Gasteiger charge is -2.43. The minimum absolute atomic E-state index is 0.0977. The van der Waals surface area contributed by atoms with Crippen LogP contribution in [-0.4, -0.2) is 23.0 Å². The maximum atomic E-state index is 6.51. The van der Waals surface area contributed by atoms with Crippen molar-refractivity contribution in [2.45, 2.75) is 24.8 Å². The van der Waals surface area contributed by atoms with Crippen molar-refractivity contribution in [3.8, 4) is 10.6 Å². The molecule has 0 atom stereocenters. The Bertz CT molecular complexity index is 1110. The third-order valence-electron chi connectivity index (χ3n) is 6.52. The number of thiophene rings is 1. The van der Waals surface area contributed by atoms with Crippen LogP contribution in [0.15, 0.2) is 90.4 Å². The zero-order chi connectivity index (χ0) is 21.1. The van der Waals surface area contributed by atoms with Gasteiger partial charge in [0.1, 0.15) is 0 Å². The predicted molar refractivity (Wildman–Crippen MR) is 130 cm³/mol. The van der Waals surface area contributed by atoms with Gasteiger partial charge in [0, 0.05) is 23.8 Å². The summed E-state index contributed by atoms with van der Waals surface area (Å²) in [5.74, 6) is 0. The molecule has 0 unspecified atom stereocenters. The molecule has 5 rings (SSSR count). The van der Waals surface area contributed by atoms with Crippen molar-refractivity contribution < 1.29 is 0 Å². The second-order valence-electron chi connectivity index (χ2n) is 8.34. The summed E-state index contributed by atoms with van der Waals surface area (Å²) in [6.07, 6.45) is 4.15. The van der Waals surface area contributed by atoms with Crippen molar-refractivity contribution in [2.24, 2.45) is 0 Å². The van der Waals surface area contributed by atoms with Gasteiger partial charge in [0.05, 0.1) is 10.6 Å². The first kappa shape index (κ1) is 20.0. The molecule has 4 aromatic rings. The third kappa shape index (κ3) is 4.01. The molecule has 3 nitrogen and oxygen atoms in total. The maximum absolute atomic E-state index is 6.51. The highest BCUT2D eigenvalue weighted by atomic mass is 32.1. The molecule has 0 amide bonds. The van der Waals surface area contributed by atoms with Crippen molar-refractivity contribution in [3.05, 3.63) is 107 Å². The van der Waals surface area contributed by atoms with E-state index in [9.17, 15) is 0 Å². The first-order valence-electron chi connectivity index (χ1n) is 10.9. The van der Waals surface area contributed by atoms with Gasteiger partial charge < -0.3 is 5.73 Å². The van der Waals surface area contributed by atoms with Gasteiger partial charge in [0.15, 0.2) is 0 Å². The zero-order valence-electron chi connectivity index (χ0n) is 17.6. The van der Waals surface area contributed by atoms with E-state index in [0.717, 1.165) is 43.9 Å². The number of rotatable bonds is 5. The Hall–Kier alpha value is -2.95. The third-order valence-corrected chi connectivity index (χ3v) is 7.42. The fourth-order valence-corrected chi connectivity index (χ4v) is 5.53. The number of hydrogen-bond acceptors (Lipinski definition) is 4. The Morgan fingerprint density at radius 1 is 0.871 bits per heavy atom. The van der Waals surface area contributed by atoms with E-state index in [4.69, 9.17) is 10.7 Å². The number of hydrogen-bond donors (Lipinski definition) is 1. The van der Waals surface area contributed by atoms with E-state index in [-0.39, 0.29) is 5.41 Å². The Balaban J connectivity index is 1.45. The molecule has 0 radical (unpaired) electrons. The zero-order valence-corrected chi connectivity index (χ0v) is 18.4. The molecule has 0 saturated carbocycles. The Labute approximate surface area is 188 Å². The summed E-state index contributed by atoms with van der Waals surface area (Å²) >= 11 is 1.73. The number of nitrogen functional groups attached to an aromatic ring is 1. The summed E-state index contributed by atoms with van der Waals surface area (Å²) in [5.41, 5.74) is 12.2. The van der Waals surface area contributed by atoms with Crippen molar-refractivity contribution in [3.63, 3.8) is 0 Å². The van der Waals surface area contributed by atoms with Gasteiger partial charge in [-0.2, -0.15) is 0 Å². The number of nitrogens with two attached hydrogens (primary N) is 1. The molecule has 156 valence electrons. The first-order valence-corrected chi connectivity index (χ1v) is 11.7. The summed E-state index contributed by atoms with van der Waals surface area (Å²) in [5, 5.41) is 2.10. The van der Waals surface area contributed by atoms with Gasteiger partial charge in [-0.15, -0.1) is 11.3 Å². The molecule has 2 aromatic heterocycles. The van der Waals surface area contributed by atoms with Gasteiger partial charge >= 0.3 is 0 Å². The maximum Gasteiger partial charge on any atom is 0.0801 e. The number of anilines is 1. The van der Waals surface area contributed by atoms with E-state index in [0.29, 0.717) is 0 Å². The lowest BCUT2D eigenvalue weighted by Crippen LogP contribution is -2.43. The molecule has 1 fully saturated rings. The van der Waals surface area contributed by atoms with Gasteiger partial charge in [0.2, 0.25) is 0 Å². The smallest absolute Gasteiger partial charge is 0.0801 e. The van der Waals surface area contributed by atoms with E-state index < -0.39 is 0 Å². The van der Waals surface area contributed by atoms with E-state index in [2.05, 4.69) is 83.2 Å². The number of piperidine rings is 1. The molecule has 3 heterocycles. The predicted octanol–water partition coefficient (Wildman–Crippen LogP) is 5.97. The molecule has 0 bridgehead atoms. The van der Waals surface area contributed by atoms with Gasteiger partial charge in [0.25, 0.3) is 0 Å². The highest BCUT2D eigenvalue weighted by Crippen LogP contribution is 2.44. The van der Waals surface area contributed by atoms with Crippen LogP contribution in [0.1, 0.15) is 29.5 Å². The second-order valence-corrected chi connectivity index (χ2v) is 9.29. The van der Waals surface area contributed by atoms with Gasteiger partial charge in [-0.1, -0.05) is 60.7 Å². The second kappa shape index (κ2) is 8.66. The molecular formula is C27H27N3S. The number of nitrogens with zero attached hydrogens (tertiary/aromatic N) is 2. The summed E-state index contributed by atoms with van der Waals surface area (Å²) in [4.78, 5) is 8.60. The van der Waals surface area contributed by atoms with Crippen LogP contribution in [0.5, 0.6) is 0 Å². The van der Waals surface area contributed by atoms with Gasteiger partial charge in [-0.05, 0) is 66.2 Å². The lowest BCUT2D eigenvalue weighted by atomic mass is 9.68. The van der Waals surface area contributed by atoms with Crippen LogP contribution in [0.2, 0.25) is 0 Å². The van der Waals surface area contributed by atoms with E-state index in [1.54, 1.807) is 11.3 Å². The Kier molecular flexibility index (Phi) is 5.58. The van der Waals surface area contributed by atoms with Crippen LogP contribution in [0, 0.1) is 0 Å². The number of aromatic nitrogens is 1. The SMILES string of the molecule is Nc1ccccc1C1(c2ccc(-c3cccs3)nc2)CCN(Cc2ccccc2)CC1. The average Bonchev–Trinajstić information content (AvgIpc) is 3.36. The fraction of sp³-hybridized carbons (Fsp3) is 0.222. The average molecular weight is 426 g/mol. The minimum Gasteiger partial charge on any atom is -0.398 e. The van der Waals surface area contributed by atoms with Crippen molar-refractivity contribution in [2.75, 3.05) is 18.8 Å². The number of para-hydroxylation sites is 1. The molecule has 2 N–H and O–H groups in total. The molecule has 31 heavy (non-hydrogen) atoms. The molecule has 2 aromatic carbocycles. The molecule has 0 aliphatic carbocycles. The monoisotopic (exact) mass is 425 g/mol. The fourth-order valence-electron chi connectivity index (χ4n) is 4.83. The number of pyridine rings is 1. The van der Waals surface area contributed by atoms with Crippen LogP contribution in [0.3, 0.4) is 0 Å². The minimum atomic E-state index is -0.0977. The van der Waals surface area contributed by atoms with Crippen LogP contribution in [0.25, 0.3) is 10.6 Å². The lowest BCUT2D eigenvalue weighted by molar-refractivity contribution is 0.172. The highest BCUT2D eigenvalue weighted by molar-refractivity contribution is 7.13. The van der Waals surface area contributed by atoms with Gasteiger partial charge in [-0.25, -0.2) is 0 Å². The van der Waals surface area contributed by atoms with Crippen LogP contribution in [-0.2, 0) is 12.0 Å². The summed E-state index contributed by atoms with van der Waals surface area (Å²) in [6, 6.07) is 27.7. The van der Waals surface area contributed by atoms with E-state index in [1.165, 1.54) is 21.6 Å². The largest absolute Gasteiger partial charge is 0.398 e. The molecule has 1 aliphatic heterocycles. The molecule has 1 aliphatic rings. The van der Waals surface area contributed by atoms with Gasteiger partial charge in [-0.3, -0.25) is 9.88 Å². The Morgan fingerprint density at radius 3 is 2.32 bits per heavy atom. The molecule has 1 saturated heterocycles. The van der Waals surface area contributed by atoms with Crippen LogP contribution >= 0.6 is 11.3 Å². The molecule has 0 spiro atoms. The summed E-state index contributed by atoms with van der Waals surface area (Å²) < 4.78 is 0. The number of likely N-dealkylation sites (tertiary alicyclic amines) is 1.